The Morgan fingerprint density at radius 3 is 2.35 bits per heavy atom. The van der Waals surface area contributed by atoms with Gasteiger partial charge in [-0.05, 0) is 32.2 Å². The summed E-state index contributed by atoms with van der Waals surface area (Å²) in [6.45, 7) is 1.99. The number of hydrogen-bond acceptors (Lipinski definition) is 3. The standard InChI is InChI=1S/C14H27N3O.2ClH/c15-13-8-4-2-1-3-7-12(13)14(18)17-11-6-5-9-16-10-11;;/h11-13,16H,1-10,15H2,(H,17,18);2*1H/t11-,12?,13?;;/m0../s1. The summed E-state index contributed by atoms with van der Waals surface area (Å²) >= 11 is 0. The van der Waals surface area contributed by atoms with Gasteiger partial charge in [-0.2, -0.15) is 0 Å². The molecule has 1 amide bonds. The Hall–Kier alpha value is -0.0300. The van der Waals surface area contributed by atoms with E-state index in [1.807, 2.05) is 0 Å². The highest BCUT2D eigenvalue weighted by atomic mass is 35.5. The molecule has 0 spiro atoms. The molecule has 1 saturated heterocycles. The Morgan fingerprint density at radius 2 is 1.70 bits per heavy atom. The number of nitrogens with one attached hydrogen (secondary N) is 2. The minimum atomic E-state index is 0. The van der Waals surface area contributed by atoms with Crippen LogP contribution in [0, 0.1) is 5.92 Å². The van der Waals surface area contributed by atoms with Crippen molar-refractivity contribution in [2.75, 3.05) is 13.1 Å². The van der Waals surface area contributed by atoms with Crippen molar-refractivity contribution in [1.82, 2.24) is 10.6 Å². The van der Waals surface area contributed by atoms with Crippen LogP contribution in [-0.4, -0.2) is 31.1 Å². The lowest BCUT2D eigenvalue weighted by Crippen LogP contribution is -2.50. The second-order valence-electron chi connectivity index (χ2n) is 5.81. The van der Waals surface area contributed by atoms with E-state index in [2.05, 4.69) is 10.6 Å². The number of carbonyl (C=O) groups is 1. The van der Waals surface area contributed by atoms with E-state index >= 15 is 0 Å². The van der Waals surface area contributed by atoms with Crippen molar-refractivity contribution in [2.45, 2.75) is 63.5 Å². The Bertz CT molecular complexity index is 273. The van der Waals surface area contributed by atoms with E-state index < -0.39 is 0 Å². The minimum absolute atomic E-state index is 0. The van der Waals surface area contributed by atoms with Crippen LogP contribution in [0.15, 0.2) is 0 Å². The fourth-order valence-corrected chi connectivity index (χ4v) is 3.12. The van der Waals surface area contributed by atoms with Crippen LogP contribution in [-0.2, 0) is 4.79 Å². The molecule has 0 aromatic carbocycles. The van der Waals surface area contributed by atoms with Crippen LogP contribution in [0.25, 0.3) is 0 Å². The SMILES string of the molecule is Cl.Cl.NC1CCCCCCC1C(=O)N[C@H]1CCCNC1. The zero-order chi connectivity index (χ0) is 12.8. The molecular formula is C14H29Cl2N3O. The molecule has 2 unspecified atom stereocenters. The number of piperidine rings is 1. The lowest BCUT2D eigenvalue weighted by molar-refractivity contribution is -0.126. The van der Waals surface area contributed by atoms with Gasteiger partial charge in [-0.3, -0.25) is 4.79 Å². The van der Waals surface area contributed by atoms with E-state index in [9.17, 15) is 4.79 Å². The zero-order valence-corrected chi connectivity index (χ0v) is 13.7. The first-order valence-corrected chi connectivity index (χ1v) is 7.54. The molecule has 120 valence electrons. The molecule has 3 atom stereocenters. The van der Waals surface area contributed by atoms with Crippen LogP contribution in [0.4, 0.5) is 0 Å². The monoisotopic (exact) mass is 325 g/mol. The van der Waals surface area contributed by atoms with Crippen molar-refractivity contribution in [2.24, 2.45) is 11.7 Å². The van der Waals surface area contributed by atoms with Gasteiger partial charge in [0.15, 0.2) is 0 Å². The molecule has 1 aliphatic heterocycles. The van der Waals surface area contributed by atoms with Gasteiger partial charge in [0.25, 0.3) is 0 Å². The maximum Gasteiger partial charge on any atom is 0.224 e. The average Bonchev–Trinajstić information content (AvgIpc) is 2.35. The molecule has 0 bridgehead atoms. The van der Waals surface area contributed by atoms with Crippen LogP contribution in [0.1, 0.15) is 51.4 Å². The predicted octanol–water partition coefficient (Wildman–Crippen LogP) is 2.00. The second-order valence-corrected chi connectivity index (χ2v) is 5.81. The maximum absolute atomic E-state index is 12.3. The van der Waals surface area contributed by atoms with Gasteiger partial charge in [0.05, 0.1) is 5.92 Å². The smallest absolute Gasteiger partial charge is 0.224 e. The van der Waals surface area contributed by atoms with E-state index in [1.165, 1.54) is 19.3 Å². The molecule has 4 N–H and O–H groups in total. The molecule has 0 aromatic rings. The first kappa shape index (κ1) is 20.0. The zero-order valence-electron chi connectivity index (χ0n) is 12.1. The summed E-state index contributed by atoms with van der Waals surface area (Å²) in [6.07, 6.45) is 9.07. The largest absolute Gasteiger partial charge is 0.352 e. The number of amides is 1. The highest BCUT2D eigenvalue weighted by Gasteiger charge is 2.28. The number of carbonyl (C=O) groups excluding carboxylic acids is 1. The number of hydrogen-bond donors (Lipinski definition) is 3. The summed E-state index contributed by atoms with van der Waals surface area (Å²) in [6, 6.07) is 0.366. The third-order valence-corrected chi connectivity index (χ3v) is 4.30. The van der Waals surface area contributed by atoms with E-state index in [0.717, 1.165) is 45.2 Å². The summed E-state index contributed by atoms with van der Waals surface area (Å²) in [5, 5.41) is 6.52. The van der Waals surface area contributed by atoms with Crippen molar-refractivity contribution in [3.63, 3.8) is 0 Å². The molecule has 1 saturated carbocycles. The normalized spacial score (nSPS) is 30.9. The predicted molar refractivity (Wildman–Crippen MR) is 87.7 cm³/mol. The topological polar surface area (TPSA) is 67.2 Å². The number of nitrogens with two attached hydrogens (primary N) is 1. The van der Waals surface area contributed by atoms with Crippen molar-refractivity contribution in [1.29, 1.82) is 0 Å². The highest BCUT2D eigenvalue weighted by Crippen LogP contribution is 2.22. The molecule has 2 rings (SSSR count). The third kappa shape index (κ3) is 6.17. The van der Waals surface area contributed by atoms with Crippen molar-refractivity contribution in [3.8, 4) is 0 Å². The lowest BCUT2D eigenvalue weighted by atomic mass is 9.86. The molecule has 6 heteroatoms. The molecule has 2 aliphatic rings. The van der Waals surface area contributed by atoms with Crippen LogP contribution in [0.2, 0.25) is 0 Å². The van der Waals surface area contributed by atoms with Gasteiger partial charge in [0, 0.05) is 18.6 Å². The van der Waals surface area contributed by atoms with Crippen molar-refractivity contribution in [3.05, 3.63) is 0 Å². The molecule has 1 aliphatic carbocycles. The molecule has 20 heavy (non-hydrogen) atoms. The number of halogens is 2. The Kier molecular flexibility index (Phi) is 10.6. The van der Waals surface area contributed by atoms with E-state index in [1.54, 1.807) is 0 Å². The molecule has 0 radical (unpaired) electrons. The second kappa shape index (κ2) is 10.7. The van der Waals surface area contributed by atoms with Gasteiger partial charge in [0.1, 0.15) is 0 Å². The van der Waals surface area contributed by atoms with Crippen LogP contribution in [0.3, 0.4) is 0 Å². The maximum atomic E-state index is 12.3. The third-order valence-electron chi connectivity index (χ3n) is 4.30. The minimum Gasteiger partial charge on any atom is -0.352 e. The Balaban J connectivity index is 0.00000180. The van der Waals surface area contributed by atoms with Gasteiger partial charge < -0.3 is 16.4 Å². The molecule has 4 nitrogen and oxygen atoms in total. The fraction of sp³-hybridized carbons (Fsp3) is 0.929. The Morgan fingerprint density at radius 1 is 1.00 bits per heavy atom. The van der Waals surface area contributed by atoms with Crippen LogP contribution >= 0.6 is 24.8 Å². The van der Waals surface area contributed by atoms with E-state index in [4.69, 9.17) is 5.73 Å². The quantitative estimate of drug-likeness (QED) is 0.727. The van der Waals surface area contributed by atoms with Gasteiger partial charge in [0.2, 0.25) is 5.91 Å². The van der Waals surface area contributed by atoms with Crippen molar-refractivity contribution >= 4 is 30.7 Å². The van der Waals surface area contributed by atoms with E-state index in [0.29, 0.717) is 6.04 Å². The summed E-state index contributed by atoms with van der Waals surface area (Å²) in [5.41, 5.74) is 6.18. The summed E-state index contributed by atoms with van der Waals surface area (Å²) in [5.74, 6) is 0.227. The molecular weight excluding hydrogens is 297 g/mol. The van der Waals surface area contributed by atoms with Gasteiger partial charge in [-0.1, -0.05) is 25.7 Å². The lowest BCUT2D eigenvalue weighted by Gasteiger charge is -2.29. The summed E-state index contributed by atoms with van der Waals surface area (Å²) in [4.78, 5) is 12.3. The number of rotatable bonds is 2. The first-order chi connectivity index (χ1) is 8.77. The van der Waals surface area contributed by atoms with Gasteiger partial charge in [-0.25, -0.2) is 0 Å². The van der Waals surface area contributed by atoms with Gasteiger partial charge in [-0.15, -0.1) is 24.8 Å². The fourth-order valence-electron chi connectivity index (χ4n) is 3.12. The highest BCUT2D eigenvalue weighted by molar-refractivity contribution is 5.85. The average molecular weight is 326 g/mol. The summed E-state index contributed by atoms with van der Waals surface area (Å²) in [7, 11) is 0. The Labute approximate surface area is 134 Å². The van der Waals surface area contributed by atoms with Crippen LogP contribution in [0.5, 0.6) is 0 Å². The molecule has 2 fully saturated rings. The van der Waals surface area contributed by atoms with Gasteiger partial charge >= 0.3 is 0 Å². The van der Waals surface area contributed by atoms with E-state index in [-0.39, 0.29) is 42.7 Å². The van der Waals surface area contributed by atoms with Crippen molar-refractivity contribution < 1.29 is 4.79 Å². The first-order valence-electron chi connectivity index (χ1n) is 7.54. The molecule has 0 aromatic heterocycles. The summed E-state index contributed by atoms with van der Waals surface area (Å²) < 4.78 is 0. The van der Waals surface area contributed by atoms with Crippen LogP contribution < -0.4 is 16.4 Å². The molecule has 1 heterocycles.